The first-order valence-corrected chi connectivity index (χ1v) is 16.0. The second-order valence-corrected chi connectivity index (χ2v) is 14.9. The number of esters is 1. The van der Waals surface area contributed by atoms with E-state index in [2.05, 4.69) is 13.8 Å². The van der Waals surface area contributed by atoms with Crippen molar-refractivity contribution in [3.05, 3.63) is 11.6 Å². The highest BCUT2D eigenvalue weighted by Crippen LogP contribution is 2.67. The predicted octanol–water partition coefficient (Wildman–Crippen LogP) is 6.62. The van der Waals surface area contributed by atoms with Crippen molar-refractivity contribution in [2.24, 2.45) is 22.7 Å². The van der Waals surface area contributed by atoms with Gasteiger partial charge in [0.1, 0.15) is 6.10 Å². The number of hydrogen-bond acceptors (Lipinski definition) is 4. The van der Waals surface area contributed by atoms with E-state index in [0.717, 1.165) is 76.2 Å². The predicted molar refractivity (Wildman–Crippen MR) is 141 cm³/mol. The van der Waals surface area contributed by atoms with Crippen LogP contribution in [0, 0.1) is 22.7 Å². The Balaban J connectivity index is 1.63. The molecule has 2 bridgehead atoms. The molecule has 1 unspecified atom stereocenters. The van der Waals surface area contributed by atoms with Crippen molar-refractivity contribution in [3.8, 4) is 0 Å². The molecular formula is C29H49NO4S. The molecule has 4 fully saturated rings. The lowest BCUT2D eigenvalue weighted by Crippen LogP contribution is -2.54. The summed E-state index contributed by atoms with van der Waals surface area (Å²) < 4.78 is 37.1. The van der Waals surface area contributed by atoms with Crippen molar-refractivity contribution in [1.82, 2.24) is 4.31 Å². The molecule has 5 nitrogen and oxygen atoms in total. The highest BCUT2D eigenvalue weighted by molar-refractivity contribution is 7.89. The fourth-order valence-electron chi connectivity index (χ4n) is 8.14. The van der Waals surface area contributed by atoms with Gasteiger partial charge in [-0.05, 0) is 77.0 Å². The van der Waals surface area contributed by atoms with Crippen molar-refractivity contribution in [2.75, 3.05) is 5.75 Å². The van der Waals surface area contributed by atoms with Gasteiger partial charge >= 0.3 is 5.97 Å². The summed E-state index contributed by atoms with van der Waals surface area (Å²) in [5, 5.41) is 0. The average Bonchev–Trinajstić information content (AvgIpc) is 3.14. The lowest BCUT2D eigenvalue weighted by molar-refractivity contribution is -0.159. The number of sulfonamides is 1. The number of rotatable bonds is 8. The summed E-state index contributed by atoms with van der Waals surface area (Å²) in [6, 6.07) is 0.294. The van der Waals surface area contributed by atoms with E-state index in [1.165, 1.54) is 12.8 Å². The van der Waals surface area contributed by atoms with Crippen LogP contribution >= 0.6 is 0 Å². The van der Waals surface area contributed by atoms with Crippen molar-refractivity contribution in [1.29, 1.82) is 0 Å². The van der Waals surface area contributed by atoms with Gasteiger partial charge in [-0.15, -0.1) is 0 Å². The van der Waals surface area contributed by atoms with Gasteiger partial charge in [0.25, 0.3) is 0 Å². The molecule has 0 saturated heterocycles. The minimum absolute atomic E-state index is 0.130. The monoisotopic (exact) mass is 507 g/mol. The quantitative estimate of drug-likeness (QED) is 0.273. The van der Waals surface area contributed by atoms with Gasteiger partial charge in [0.05, 0.1) is 11.7 Å². The Morgan fingerprint density at radius 2 is 1.51 bits per heavy atom. The number of ether oxygens (including phenoxy) is 1. The summed E-state index contributed by atoms with van der Waals surface area (Å²) in [4.78, 5) is 13.0. The maximum Gasteiger partial charge on any atom is 0.312 e. The van der Waals surface area contributed by atoms with E-state index in [0.29, 0.717) is 5.92 Å². The second-order valence-electron chi connectivity index (χ2n) is 13.0. The van der Waals surface area contributed by atoms with E-state index in [9.17, 15) is 13.2 Å². The van der Waals surface area contributed by atoms with Crippen molar-refractivity contribution in [2.45, 2.75) is 136 Å². The van der Waals surface area contributed by atoms with Crippen LogP contribution in [0.1, 0.15) is 118 Å². The van der Waals surface area contributed by atoms with Crippen LogP contribution in [0.25, 0.3) is 0 Å². The van der Waals surface area contributed by atoms with E-state index in [4.69, 9.17) is 4.74 Å². The molecule has 0 aromatic carbocycles. The van der Waals surface area contributed by atoms with Gasteiger partial charge in [-0.1, -0.05) is 64.0 Å². The number of fused-ring (bicyclic) bond motifs is 2. The highest BCUT2D eigenvalue weighted by atomic mass is 32.2. The Kier molecular flexibility index (Phi) is 8.13. The molecule has 0 aromatic rings. The minimum atomic E-state index is -3.50. The molecule has 4 atom stereocenters. The largest absolute Gasteiger partial charge is 0.461 e. The van der Waals surface area contributed by atoms with Gasteiger partial charge < -0.3 is 4.74 Å². The van der Waals surface area contributed by atoms with Gasteiger partial charge in [0.15, 0.2) is 0 Å². The molecule has 200 valence electrons. The molecule has 4 rings (SSSR count). The van der Waals surface area contributed by atoms with E-state index in [-0.39, 0.29) is 41.2 Å². The van der Waals surface area contributed by atoms with Crippen LogP contribution in [0.2, 0.25) is 0 Å². The van der Waals surface area contributed by atoms with Crippen LogP contribution in [-0.2, 0) is 19.6 Å². The standard InChI is InChI=1S/C29H49NO4S/c1-21(2)18-22(3)27(31)34-26-19-23-16-17-29(26,28(23,4)5)20-35(32,33)30(24-12-8-6-9-13-24)25-14-10-7-11-15-25/h18,22-26H,6-17,19-20H2,1-5H3/t22?,23-,26-,29-/m1/s1. The molecule has 0 heterocycles. The molecule has 4 aliphatic carbocycles. The zero-order valence-electron chi connectivity index (χ0n) is 22.9. The molecule has 0 N–H and O–H groups in total. The summed E-state index contributed by atoms with van der Waals surface area (Å²) in [7, 11) is -3.50. The van der Waals surface area contributed by atoms with Crippen LogP contribution < -0.4 is 0 Å². The summed E-state index contributed by atoms with van der Waals surface area (Å²) in [5.74, 6) is 0.0162. The number of allylic oxidation sites excluding steroid dienone is 1. The molecule has 0 aromatic heterocycles. The van der Waals surface area contributed by atoms with E-state index in [1.807, 2.05) is 31.2 Å². The van der Waals surface area contributed by atoms with Gasteiger partial charge in [-0.25, -0.2) is 8.42 Å². The molecule has 0 spiro atoms. The number of hydrogen-bond donors (Lipinski definition) is 0. The normalized spacial score (nSPS) is 32.5. The minimum Gasteiger partial charge on any atom is -0.461 e. The molecule has 4 aliphatic rings. The van der Waals surface area contributed by atoms with Gasteiger partial charge in [-0.3, -0.25) is 4.79 Å². The molecular weight excluding hydrogens is 458 g/mol. The lowest BCUT2D eigenvalue weighted by atomic mass is 9.69. The smallest absolute Gasteiger partial charge is 0.312 e. The summed E-state index contributed by atoms with van der Waals surface area (Å²) in [5.41, 5.74) is 0.434. The van der Waals surface area contributed by atoms with Crippen LogP contribution in [-0.4, -0.2) is 42.6 Å². The summed E-state index contributed by atoms with van der Waals surface area (Å²) in [6.07, 6.45) is 15.2. The maximum atomic E-state index is 14.4. The summed E-state index contributed by atoms with van der Waals surface area (Å²) >= 11 is 0. The maximum absolute atomic E-state index is 14.4. The molecule has 35 heavy (non-hydrogen) atoms. The van der Waals surface area contributed by atoms with Crippen molar-refractivity contribution < 1.29 is 17.9 Å². The Hall–Kier alpha value is -0.880. The molecule has 4 saturated carbocycles. The Morgan fingerprint density at radius 1 is 0.971 bits per heavy atom. The number of carbonyl (C=O) groups is 1. The first-order chi connectivity index (χ1) is 16.5. The molecule has 0 amide bonds. The van der Waals surface area contributed by atoms with Crippen molar-refractivity contribution in [3.63, 3.8) is 0 Å². The Morgan fingerprint density at radius 3 is 2.00 bits per heavy atom. The van der Waals surface area contributed by atoms with E-state index in [1.54, 1.807) is 0 Å². The third-order valence-electron chi connectivity index (χ3n) is 10.2. The van der Waals surface area contributed by atoms with Gasteiger partial charge in [0, 0.05) is 17.5 Å². The number of nitrogens with zero attached hydrogens (tertiary/aromatic N) is 1. The first kappa shape index (κ1) is 27.2. The first-order valence-electron chi connectivity index (χ1n) is 14.3. The Bertz CT molecular complexity index is 876. The SMILES string of the molecule is CC(C)=CC(C)C(=O)O[C@@H]1C[C@H]2CC[C@]1(CS(=O)(=O)N(C1CCCCC1)C1CCCCC1)C2(C)C. The lowest BCUT2D eigenvalue weighted by Gasteiger charge is -2.46. The van der Waals surface area contributed by atoms with Crippen molar-refractivity contribution >= 4 is 16.0 Å². The van der Waals surface area contributed by atoms with Crippen LogP contribution in [0.15, 0.2) is 11.6 Å². The topological polar surface area (TPSA) is 63.7 Å². The van der Waals surface area contributed by atoms with E-state index < -0.39 is 15.4 Å². The molecule has 0 radical (unpaired) electrons. The Labute approximate surface area is 214 Å². The highest BCUT2D eigenvalue weighted by Gasteiger charge is 2.67. The van der Waals surface area contributed by atoms with Gasteiger partial charge in [-0.2, -0.15) is 4.31 Å². The molecule has 0 aliphatic heterocycles. The van der Waals surface area contributed by atoms with E-state index >= 15 is 0 Å². The molecule has 6 heteroatoms. The second kappa shape index (κ2) is 10.5. The third-order valence-corrected chi connectivity index (χ3v) is 12.3. The average molecular weight is 508 g/mol. The fraction of sp³-hybridized carbons (Fsp3) is 0.897. The van der Waals surface area contributed by atoms with Gasteiger partial charge in [0.2, 0.25) is 10.0 Å². The fourth-order valence-corrected chi connectivity index (χ4v) is 11.0. The zero-order chi connectivity index (χ0) is 25.4. The number of carbonyl (C=O) groups excluding carboxylic acids is 1. The van der Waals surface area contributed by atoms with Crippen LogP contribution in [0.4, 0.5) is 0 Å². The van der Waals surface area contributed by atoms with Crippen LogP contribution in [0.5, 0.6) is 0 Å². The van der Waals surface area contributed by atoms with Crippen LogP contribution in [0.3, 0.4) is 0 Å². The zero-order valence-corrected chi connectivity index (χ0v) is 23.7. The third kappa shape index (κ3) is 5.26. The summed E-state index contributed by atoms with van der Waals surface area (Å²) in [6.45, 7) is 10.3.